The van der Waals surface area contributed by atoms with Crippen molar-refractivity contribution < 1.29 is 9.53 Å². The molecular weight excluding hydrogens is 136 g/mol. The first-order valence-corrected chi connectivity index (χ1v) is 3.27. The van der Waals surface area contributed by atoms with Crippen molar-refractivity contribution in [2.24, 2.45) is 0 Å². The zero-order chi connectivity index (χ0) is 6.69. The van der Waals surface area contributed by atoms with Gasteiger partial charge in [0.2, 0.25) is 0 Å². The molecule has 0 bridgehead atoms. The fraction of sp³-hybridized carbons (Fsp3) is 0. The van der Waals surface area contributed by atoms with Gasteiger partial charge in [0.05, 0.1) is 5.56 Å². The Morgan fingerprint density at radius 3 is 3.00 bits per heavy atom. The Kier molecular flexibility index (Phi) is 1.85. The summed E-state index contributed by atoms with van der Waals surface area (Å²) in [6.45, 7) is 0. The predicted octanol–water partition coefficient (Wildman–Crippen LogP) is 1.70. The summed E-state index contributed by atoms with van der Waals surface area (Å²) in [7, 11) is 3.00. The molecule has 47 valence electrons. The summed E-state index contributed by atoms with van der Waals surface area (Å²) in [5, 5.41) is 3.53. The first kappa shape index (κ1) is 6.29. The largest absolute Gasteiger partial charge is 0.458 e. The van der Waals surface area contributed by atoms with E-state index in [4.69, 9.17) is 0 Å². The summed E-state index contributed by atoms with van der Waals surface area (Å²) in [4.78, 5) is 10.6. The third kappa shape index (κ3) is 1.29. The van der Waals surface area contributed by atoms with Gasteiger partial charge in [-0.2, -0.15) is 11.3 Å². The Labute approximate surface area is 57.1 Å². The van der Waals surface area contributed by atoms with Crippen LogP contribution in [0.25, 0.3) is 0 Å². The maximum atomic E-state index is 10.6. The fourth-order valence-corrected chi connectivity index (χ4v) is 1.09. The van der Waals surface area contributed by atoms with Crippen LogP contribution >= 0.6 is 11.3 Å². The van der Waals surface area contributed by atoms with Crippen LogP contribution in [-0.4, -0.2) is 5.97 Å². The number of thiophene rings is 1. The maximum absolute atomic E-state index is 10.6. The van der Waals surface area contributed by atoms with Gasteiger partial charge in [-0.3, -0.25) is 0 Å². The highest BCUT2D eigenvalue weighted by Gasteiger charge is 2.02. The van der Waals surface area contributed by atoms with E-state index >= 15 is 0 Å². The predicted molar refractivity (Wildman–Crippen MR) is 35.1 cm³/mol. The van der Waals surface area contributed by atoms with Gasteiger partial charge in [-0.25, -0.2) is 4.79 Å². The van der Waals surface area contributed by atoms with Crippen molar-refractivity contribution in [3.05, 3.63) is 29.5 Å². The van der Waals surface area contributed by atoms with E-state index in [2.05, 4.69) is 11.8 Å². The lowest BCUT2D eigenvalue weighted by molar-refractivity contribution is 0.0654. The molecular formula is C6H5O2S. The van der Waals surface area contributed by atoms with Crippen LogP contribution in [0, 0.1) is 7.11 Å². The zero-order valence-electron chi connectivity index (χ0n) is 4.66. The number of hydrogen-bond acceptors (Lipinski definition) is 3. The monoisotopic (exact) mass is 141 g/mol. The minimum Gasteiger partial charge on any atom is -0.458 e. The molecule has 1 aromatic heterocycles. The number of hydrogen-bond donors (Lipinski definition) is 0. The molecule has 0 amide bonds. The minimum atomic E-state index is -0.378. The van der Waals surface area contributed by atoms with Crippen molar-refractivity contribution in [3.63, 3.8) is 0 Å². The lowest BCUT2D eigenvalue weighted by atomic mass is 10.4. The average Bonchev–Trinajstić information content (AvgIpc) is 2.37. The van der Waals surface area contributed by atoms with E-state index in [1.165, 1.54) is 11.3 Å². The van der Waals surface area contributed by atoms with Gasteiger partial charge in [0.25, 0.3) is 0 Å². The molecule has 1 heterocycles. The third-order valence-corrected chi connectivity index (χ3v) is 1.57. The highest BCUT2D eigenvalue weighted by molar-refractivity contribution is 7.08. The number of rotatable bonds is 1. The Hall–Kier alpha value is -0.830. The third-order valence-electron chi connectivity index (χ3n) is 0.888. The molecule has 0 atom stereocenters. The molecule has 9 heavy (non-hydrogen) atoms. The first-order chi connectivity index (χ1) is 4.34. The standard InChI is InChI=1S/C6H5O2S/c1-8-6(7)5-2-3-9-4-5/h2-4H,1H2. The Morgan fingerprint density at radius 2 is 2.56 bits per heavy atom. The van der Waals surface area contributed by atoms with E-state index in [-0.39, 0.29) is 5.97 Å². The van der Waals surface area contributed by atoms with Gasteiger partial charge in [-0.1, -0.05) is 0 Å². The highest BCUT2D eigenvalue weighted by Crippen LogP contribution is 2.06. The maximum Gasteiger partial charge on any atom is 0.339 e. The molecule has 0 aromatic carbocycles. The number of ether oxygens (including phenoxy) is 1. The molecule has 0 aliphatic rings. The summed E-state index contributed by atoms with van der Waals surface area (Å²) in [6.07, 6.45) is 0. The van der Waals surface area contributed by atoms with Crippen LogP contribution in [0.5, 0.6) is 0 Å². The molecule has 2 nitrogen and oxygen atoms in total. The second kappa shape index (κ2) is 2.64. The molecule has 1 radical (unpaired) electrons. The van der Waals surface area contributed by atoms with Gasteiger partial charge in [0, 0.05) is 5.38 Å². The van der Waals surface area contributed by atoms with Gasteiger partial charge < -0.3 is 4.74 Å². The molecule has 1 rings (SSSR count). The normalized spacial score (nSPS) is 9.00. The molecule has 3 heteroatoms. The van der Waals surface area contributed by atoms with E-state index in [9.17, 15) is 4.79 Å². The van der Waals surface area contributed by atoms with E-state index in [0.29, 0.717) is 5.56 Å². The van der Waals surface area contributed by atoms with Crippen molar-refractivity contribution in [1.29, 1.82) is 0 Å². The molecule has 1 aromatic rings. The summed E-state index contributed by atoms with van der Waals surface area (Å²) in [6, 6.07) is 1.69. The Balaban J connectivity index is 2.77. The van der Waals surface area contributed by atoms with E-state index in [1.54, 1.807) is 11.4 Å². The number of carbonyl (C=O) groups excluding carboxylic acids is 1. The fourth-order valence-electron chi connectivity index (χ4n) is 0.464. The van der Waals surface area contributed by atoms with E-state index in [1.807, 2.05) is 5.38 Å². The van der Waals surface area contributed by atoms with Crippen molar-refractivity contribution in [2.75, 3.05) is 0 Å². The molecule has 0 N–H and O–H groups in total. The van der Waals surface area contributed by atoms with Crippen molar-refractivity contribution >= 4 is 17.3 Å². The molecule has 0 saturated carbocycles. The Bertz CT molecular complexity index is 191. The molecule has 0 unspecified atom stereocenters. The zero-order valence-corrected chi connectivity index (χ0v) is 5.48. The van der Waals surface area contributed by atoms with Crippen molar-refractivity contribution in [3.8, 4) is 0 Å². The second-order valence-corrected chi connectivity index (χ2v) is 2.22. The van der Waals surface area contributed by atoms with Crippen LogP contribution in [0.2, 0.25) is 0 Å². The van der Waals surface area contributed by atoms with Crippen LogP contribution in [-0.2, 0) is 4.74 Å². The molecule has 0 saturated heterocycles. The summed E-state index contributed by atoms with van der Waals surface area (Å²) >= 11 is 1.45. The van der Waals surface area contributed by atoms with Gasteiger partial charge in [-0.15, -0.1) is 0 Å². The lowest BCUT2D eigenvalue weighted by Crippen LogP contribution is -1.95. The van der Waals surface area contributed by atoms with Crippen LogP contribution in [0.1, 0.15) is 10.4 Å². The van der Waals surface area contributed by atoms with Gasteiger partial charge >= 0.3 is 5.97 Å². The highest BCUT2D eigenvalue weighted by atomic mass is 32.1. The first-order valence-electron chi connectivity index (χ1n) is 2.33. The topological polar surface area (TPSA) is 26.3 Å². The summed E-state index contributed by atoms with van der Waals surface area (Å²) < 4.78 is 4.21. The van der Waals surface area contributed by atoms with Gasteiger partial charge in [0.15, 0.2) is 0 Å². The lowest BCUT2D eigenvalue weighted by Gasteiger charge is -1.90. The van der Waals surface area contributed by atoms with Crippen molar-refractivity contribution in [2.45, 2.75) is 0 Å². The Morgan fingerprint density at radius 1 is 1.78 bits per heavy atom. The summed E-state index contributed by atoms with van der Waals surface area (Å²) in [5.41, 5.74) is 0.565. The molecule has 0 aliphatic carbocycles. The smallest absolute Gasteiger partial charge is 0.339 e. The second-order valence-electron chi connectivity index (χ2n) is 1.44. The van der Waals surface area contributed by atoms with Crippen LogP contribution < -0.4 is 0 Å². The van der Waals surface area contributed by atoms with Gasteiger partial charge in [0.1, 0.15) is 7.11 Å². The number of carbonyl (C=O) groups is 1. The van der Waals surface area contributed by atoms with Crippen LogP contribution in [0.15, 0.2) is 16.8 Å². The molecule has 0 fully saturated rings. The number of esters is 1. The SMILES string of the molecule is [CH2]OC(=O)c1ccsc1. The average molecular weight is 141 g/mol. The van der Waals surface area contributed by atoms with E-state index in [0.717, 1.165) is 0 Å². The van der Waals surface area contributed by atoms with Crippen molar-refractivity contribution in [1.82, 2.24) is 0 Å². The van der Waals surface area contributed by atoms with Gasteiger partial charge in [-0.05, 0) is 11.4 Å². The molecule has 0 aliphatic heterocycles. The van der Waals surface area contributed by atoms with Crippen LogP contribution in [0.4, 0.5) is 0 Å². The molecule has 0 spiro atoms. The summed E-state index contributed by atoms with van der Waals surface area (Å²) in [5.74, 6) is -0.378. The quantitative estimate of drug-likeness (QED) is 0.556. The minimum absolute atomic E-state index is 0.378. The van der Waals surface area contributed by atoms with Crippen LogP contribution in [0.3, 0.4) is 0 Å². The van der Waals surface area contributed by atoms with E-state index < -0.39 is 0 Å².